The molecule has 2 aromatic carbocycles. The van der Waals surface area contributed by atoms with Crippen LogP contribution in [0.5, 0.6) is 0 Å². The van der Waals surface area contributed by atoms with Crippen LogP contribution in [-0.4, -0.2) is 36.1 Å². The largest absolute Gasteiger partial charge is 0.454 e. The van der Waals surface area contributed by atoms with Crippen LogP contribution in [0.1, 0.15) is 34.6 Å². The summed E-state index contributed by atoms with van der Waals surface area (Å²) >= 11 is 1.15. The van der Waals surface area contributed by atoms with Crippen LogP contribution in [0.3, 0.4) is 0 Å². The quantitative estimate of drug-likeness (QED) is 0.411. The van der Waals surface area contributed by atoms with Crippen LogP contribution in [-0.2, 0) is 9.53 Å². The summed E-state index contributed by atoms with van der Waals surface area (Å²) < 4.78 is 31.8. The van der Waals surface area contributed by atoms with Gasteiger partial charge in [-0.25, -0.2) is 13.6 Å². The Morgan fingerprint density at radius 3 is 2.50 bits per heavy atom. The first-order valence-corrected chi connectivity index (χ1v) is 9.43. The number of esters is 1. The van der Waals surface area contributed by atoms with Crippen molar-refractivity contribution in [1.82, 2.24) is 5.32 Å². The summed E-state index contributed by atoms with van der Waals surface area (Å²) in [5, 5.41) is 2.74. The number of Topliss-reactive ketones (excluding diaryl/α,β-unsaturated/α-hetero) is 1. The third-order valence-corrected chi connectivity index (χ3v) is 4.55. The van der Waals surface area contributed by atoms with Crippen LogP contribution in [0.2, 0.25) is 0 Å². The smallest absolute Gasteiger partial charge is 0.339 e. The van der Waals surface area contributed by atoms with Gasteiger partial charge >= 0.3 is 5.97 Å². The Kier molecular flexibility index (Phi) is 7.69. The van der Waals surface area contributed by atoms with Crippen molar-refractivity contribution in [2.24, 2.45) is 0 Å². The fraction of sp³-hybridized carbons (Fsp3) is 0.250. The molecular weight excluding hydrogens is 388 g/mol. The van der Waals surface area contributed by atoms with Gasteiger partial charge < -0.3 is 10.1 Å². The molecule has 0 atom stereocenters. The predicted molar refractivity (Wildman–Crippen MR) is 101 cm³/mol. The second kappa shape index (κ2) is 9.98. The van der Waals surface area contributed by atoms with Gasteiger partial charge in [-0.3, -0.25) is 9.59 Å². The molecule has 0 spiro atoms. The lowest BCUT2D eigenvalue weighted by Crippen LogP contribution is -2.31. The number of benzene rings is 2. The number of ketones is 1. The highest BCUT2D eigenvalue weighted by Crippen LogP contribution is 2.23. The first-order valence-electron chi connectivity index (χ1n) is 8.44. The fourth-order valence-corrected chi connectivity index (χ4v) is 3.12. The minimum absolute atomic E-state index is 0.00235. The lowest BCUT2D eigenvalue weighted by molar-refractivity contribution is -0.119. The number of carbonyl (C=O) groups excluding carboxylic acids is 3. The second-order valence-corrected chi connectivity index (χ2v) is 7.15. The second-order valence-electron chi connectivity index (χ2n) is 6.13. The number of carbonyl (C=O) groups is 3. The van der Waals surface area contributed by atoms with Gasteiger partial charge in [-0.1, -0.05) is 12.1 Å². The molecule has 5 nitrogen and oxygen atoms in total. The van der Waals surface area contributed by atoms with Crippen molar-refractivity contribution in [3.8, 4) is 0 Å². The highest BCUT2D eigenvalue weighted by Gasteiger charge is 2.18. The van der Waals surface area contributed by atoms with E-state index in [1.807, 2.05) is 13.8 Å². The predicted octanol–water partition coefficient (Wildman–Crippen LogP) is 3.62. The third-order valence-electron chi connectivity index (χ3n) is 3.48. The van der Waals surface area contributed by atoms with Crippen LogP contribution in [0.4, 0.5) is 8.78 Å². The van der Waals surface area contributed by atoms with Crippen molar-refractivity contribution in [3.05, 3.63) is 65.2 Å². The molecule has 2 rings (SSSR count). The van der Waals surface area contributed by atoms with Crippen molar-refractivity contribution < 1.29 is 27.9 Å². The van der Waals surface area contributed by atoms with Crippen molar-refractivity contribution in [1.29, 1.82) is 0 Å². The Morgan fingerprint density at radius 1 is 1.07 bits per heavy atom. The topological polar surface area (TPSA) is 72.5 Å². The zero-order chi connectivity index (χ0) is 20.7. The monoisotopic (exact) mass is 407 g/mol. The van der Waals surface area contributed by atoms with Gasteiger partial charge in [-0.15, -0.1) is 11.8 Å². The maximum Gasteiger partial charge on any atom is 0.339 e. The highest BCUT2D eigenvalue weighted by atomic mass is 32.2. The first kappa shape index (κ1) is 21.6. The van der Waals surface area contributed by atoms with E-state index in [9.17, 15) is 23.2 Å². The molecule has 0 aliphatic carbocycles. The van der Waals surface area contributed by atoms with Crippen molar-refractivity contribution >= 4 is 29.4 Å². The minimum Gasteiger partial charge on any atom is -0.454 e. The normalized spacial score (nSPS) is 10.6. The molecule has 0 fully saturated rings. The summed E-state index contributed by atoms with van der Waals surface area (Å²) in [5.41, 5.74) is -0.307. The van der Waals surface area contributed by atoms with Gasteiger partial charge in [0.25, 0.3) is 0 Å². The van der Waals surface area contributed by atoms with Gasteiger partial charge in [0.15, 0.2) is 6.61 Å². The molecule has 0 saturated carbocycles. The molecular formula is C20H19F2NO4S. The fourth-order valence-electron chi connectivity index (χ4n) is 2.27. The van der Waals surface area contributed by atoms with Crippen LogP contribution >= 0.6 is 11.8 Å². The molecule has 0 heterocycles. The molecule has 28 heavy (non-hydrogen) atoms. The molecule has 2 aromatic rings. The van der Waals surface area contributed by atoms with E-state index in [0.29, 0.717) is 4.90 Å². The number of amides is 1. The van der Waals surface area contributed by atoms with Gasteiger partial charge in [0, 0.05) is 10.9 Å². The van der Waals surface area contributed by atoms with E-state index in [4.69, 9.17) is 4.74 Å². The zero-order valence-electron chi connectivity index (χ0n) is 15.3. The van der Waals surface area contributed by atoms with E-state index in [2.05, 4.69) is 5.32 Å². The van der Waals surface area contributed by atoms with E-state index in [1.165, 1.54) is 6.07 Å². The van der Waals surface area contributed by atoms with Crippen LogP contribution in [0.25, 0.3) is 0 Å². The first-order chi connectivity index (χ1) is 13.3. The maximum absolute atomic E-state index is 13.6. The van der Waals surface area contributed by atoms with E-state index in [-0.39, 0.29) is 23.3 Å². The molecule has 0 aliphatic heterocycles. The summed E-state index contributed by atoms with van der Waals surface area (Å²) in [5.74, 6) is -3.38. The summed E-state index contributed by atoms with van der Waals surface area (Å²) in [6.07, 6.45) is 0. The number of rotatable bonds is 8. The Balaban J connectivity index is 2.01. The summed E-state index contributed by atoms with van der Waals surface area (Å²) in [6, 6.07) is 8.94. The Hall–Kier alpha value is -2.74. The summed E-state index contributed by atoms with van der Waals surface area (Å²) in [7, 11) is 0. The number of hydrogen-bond acceptors (Lipinski definition) is 5. The Bertz CT molecular complexity index is 886. The SMILES string of the molecule is CC(C)NC(=O)CSc1ccccc1C(=O)OCC(=O)c1cc(F)ccc1F. The number of thioether (sulfide) groups is 1. The van der Waals surface area contributed by atoms with Gasteiger partial charge in [0.2, 0.25) is 11.7 Å². The van der Waals surface area contributed by atoms with Crippen LogP contribution in [0.15, 0.2) is 47.4 Å². The molecule has 1 amide bonds. The molecule has 0 unspecified atom stereocenters. The van der Waals surface area contributed by atoms with Gasteiger partial charge in [0.05, 0.1) is 16.9 Å². The molecule has 0 saturated heterocycles. The number of hydrogen-bond donors (Lipinski definition) is 1. The molecule has 8 heteroatoms. The molecule has 0 radical (unpaired) electrons. The molecule has 0 aliphatic rings. The Labute approximate surface area is 165 Å². The lowest BCUT2D eigenvalue weighted by Gasteiger charge is -2.11. The average molecular weight is 407 g/mol. The van der Waals surface area contributed by atoms with Crippen LogP contribution in [0, 0.1) is 11.6 Å². The molecule has 148 valence electrons. The van der Waals surface area contributed by atoms with Gasteiger partial charge in [-0.2, -0.15) is 0 Å². The summed E-state index contributed by atoms with van der Waals surface area (Å²) in [6.45, 7) is 2.95. The molecule has 0 bridgehead atoms. The molecule has 0 aromatic heterocycles. The Morgan fingerprint density at radius 2 is 1.79 bits per heavy atom. The lowest BCUT2D eigenvalue weighted by atomic mass is 10.1. The highest BCUT2D eigenvalue weighted by molar-refractivity contribution is 8.00. The number of halogens is 2. The van der Waals surface area contributed by atoms with Gasteiger partial charge in [0.1, 0.15) is 11.6 Å². The van der Waals surface area contributed by atoms with E-state index >= 15 is 0 Å². The van der Waals surface area contributed by atoms with E-state index in [1.54, 1.807) is 18.2 Å². The third kappa shape index (κ3) is 6.16. The van der Waals surface area contributed by atoms with E-state index in [0.717, 1.165) is 30.0 Å². The van der Waals surface area contributed by atoms with Crippen molar-refractivity contribution in [2.45, 2.75) is 24.8 Å². The minimum atomic E-state index is -0.894. The summed E-state index contributed by atoms with van der Waals surface area (Å²) in [4.78, 5) is 36.6. The van der Waals surface area contributed by atoms with Crippen molar-refractivity contribution in [3.63, 3.8) is 0 Å². The standard InChI is InChI=1S/C20H19F2NO4S/c1-12(2)23-19(25)11-28-18-6-4-3-5-14(18)20(26)27-10-17(24)15-9-13(21)7-8-16(15)22/h3-9,12H,10-11H2,1-2H3,(H,23,25). The van der Waals surface area contributed by atoms with Crippen molar-refractivity contribution in [2.75, 3.05) is 12.4 Å². The number of nitrogens with one attached hydrogen (secondary N) is 1. The molecule has 1 N–H and O–H groups in total. The van der Waals surface area contributed by atoms with E-state index < -0.39 is 35.6 Å². The van der Waals surface area contributed by atoms with Crippen LogP contribution < -0.4 is 5.32 Å². The zero-order valence-corrected chi connectivity index (χ0v) is 16.1. The maximum atomic E-state index is 13.6. The van der Waals surface area contributed by atoms with Gasteiger partial charge in [-0.05, 0) is 44.2 Å². The number of ether oxygens (including phenoxy) is 1. The average Bonchev–Trinajstić information content (AvgIpc) is 2.65.